The molecule has 0 aromatic carbocycles. The van der Waals surface area contributed by atoms with Crippen LogP contribution >= 0.6 is 11.8 Å². The van der Waals surface area contributed by atoms with E-state index in [-0.39, 0.29) is 11.9 Å². The van der Waals surface area contributed by atoms with Gasteiger partial charge < -0.3 is 20.0 Å². The molecule has 2 rings (SSSR count). The molecule has 0 radical (unpaired) electrons. The minimum absolute atomic E-state index is 0.0112. The molecule has 0 spiro atoms. The molecular weight excluding hydrogens is 224 g/mol. The van der Waals surface area contributed by atoms with E-state index < -0.39 is 23.0 Å². The summed E-state index contributed by atoms with van der Waals surface area (Å²) < 4.78 is 10.8. The Morgan fingerprint density at radius 3 is 3.00 bits per heavy atom. The lowest BCUT2D eigenvalue weighted by Gasteiger charge is -2.26. The largest absolute Gasteiger partial charge is 0.370 e. The zero-order valence-corrected chi connectivity index (χ0v) is 8.94. The second-order valence-electron chi connectivity index (χ2n) is 3.51. The van der Waals surface area contributed by atoms with E-state index in [1.54, 1.807) is 0 Å². The zero-order valence-electron chi connectivity index (χ0n) is 8.12. The first kappa shape index (κ1) is 10.9. The molecule has 0 saturated carbocycles. The third kappa shape index (κ3) is 1.67. The quantitative estimate of drug-likeness (QED) is 0.515. The van der Waals surface area contributed by atoms with Crippen LogP contribution in [0.15, 0.2) is 0 Å². The molecule has 2 saturated heterocycles. The highest BCUT2D eigenvalue weighted by molar-refractivity contribution is 7.99. The summed E-state index contributed by atoms with van der Waals surface area (Å²) in [6, 6.07) is 0. The van der Waals surface area contributed by atoms with Crippen molar-refractivity contribution in [1.82, 2.24) is 0 Å². The van der Waals surface area contributed by atoms with Crippen LogP contribution in [-0.2, 0) is 14.3 Å². The van der Waals surface area contributed by atoms with Crippen molar-refractivity contribution >= 4 is 11.8 Å². The minimum atomic E-state index is -0.958. The fourth-order valence-electron chi connectivity index (χ4n) is 1.97. The summed E-state index contributed by atoms with van der Waals surface area (Å²) in [5, 5.41) is 9.38. The lowest BCUT2D eigenvalue weighted by Crippen LogP contribution is -2.54. The Morgan fingerprint density at radius 1 is 1.67 bits per heavy atom. The fraction of sp³-hybridized carbons (Fsp3) is 1.00. The summed E-state index contributed by atoms with van der Waals surface area (Å²) in [6.07, 6.45) is 0.623. The summed E-state index contributed by atoms with van der Waals surface area (Å²) in [4.78, 5) is 14.7. The fourth-order valence-corrected chi connectivity index (χ4v) is 2.76. The standard InChI is InChI=1S/C7H12N2O5S/c1-15-5-3-12-6-4(14-9(10)11)2-13-7(5,6)8/h4-6H,2-3,8H2,1H3/t4-,5+,6-,7-/m1/s1. The SMILES string of the molecule is CS[C@H]1CO[C@@H]2[C@H](O[N+](=O)[O-])CO[C@]12N. The maximum absolute atomic E-state index is 10.2. The predicted octanol–water partition coefficient (Wildman–Crippen LogP) is -0.621. The first-order valence-corrected chi connectivity index (χ1v) is 5.75. The van der Waals surface area contributed by atoms with Gasteiger partial charge in [0.25, 0.3) is 5.09 Å². The van der Waals surface area contributed by atoms with Crippen molar-refractivity contribution < 1.29 is 19.4 Å². The Kier molecular flexibility index (Phi) is 2.75. The highest BCUT2D eigenvalue weighted by Crippen LogP contribution is 2.39. The second kappa shape index (κ2) is 3.78. The summed E-state index contributed by atoms with van der Waals surface area (Å²) in [7, 11) is 0. The van der Waals surface area contributed by atoms with Crippen LogP contribution in [0.3, 0.4) is 0 Å². The molecule has 2 fully saturated rings. The normalized spacial score (nSPS) is 44.0. The van der Waals surface area contributed by atoms with Crippen LogP contribution in [0.4, 0.5) is 0 Å². The molecule has 0 aliphatic carbocycles. The number of fused-ring (bicyclic) bond motifs is 1. The van der Waals surface area contributed by atoms with Gasteiger partial charge in [-0.15, -0.1) is 10.1 Å². The van der Waals surface area contributed by atoms with Gasteiger partial charge in [-0.05, 0) is 6.26 Å². The van der Waals surface area contributed by atoms with Crippen molar-refractivity contribution in [3.8, 4) is 0 Å². The van der Waals surface area contributed by atoms with Crippen molar-refractivity contribution in [1.29, 1.82) is 0 Å². The van der Waals surface area contributed by atoms with E-state index in [0.29, 0.717) is 6.61 Å². The lowest BCUT2D eigenvalue weighted by molar-refractivity contribution is -0.769. The summed E-state index contributed by atoms with van der Waals surface area (Å²) >= 11 is 1.53. The molecule has 86 valence electrons. The minimum Gasteiger partial charge on any atom is -0.370 e. The van der Waals surface area contributed by atoms with E-state index in [0.717, 1.165) is 0 Å². The molecular formula is C7H12N2O5S. The van der Waals surface area contributed by atoms with Gasteiger partial charge in [0.2, 0.25) is 0 Å². The number of ether oxygens (including phenoxy) is 2. The number of hydrogen-bond donors (Lipinski definition) is 1. The van der Waals surface area contributed by atoms with E-state index >= 15 is 0 Å². The second-order valence-corrected chi connectivity index (χ2v) is 4.55. The van der Waals surface area contributed by atoms with E-state index in [9.17, 15) is 10.1 Å². The molecule has 15 heavy (non-hydrogen) atoms. The zero-order chi connectivity index (χ0) is 11.1. The molecule has 0 amide bonds. The molecule has 2 aliphatic rings. The predicted molar refractivity (Wildman–Crippen MR) is 51.8 cm³/mol. The van der Waals surface area contributed by atoms with Gasteiger partial charge in [0, 0.05) is 0 Å². The first-order valence-electron chi connectivity index (χ1n) is 4.46. The molecule has 4 atom stereocenters. The smallest absolute Gasteiger partial charge is 0.294 e. The first-order chi connectivity index (χ1) is 7.08. The Hall–Kier alpha value is -0.570. The van der Waals surface area contributed by atoms with Crippen LogP contribution in [-0.4, -0.2) is 47.7 Å². The average molecular weight is 236 g/mol. The average Bonchev–Trinajstić information content (AvgIpc) is 2.63. The highest BCUT2D eigenvalue weighted by Gasteiger charge is 2.58. The van der Waals surface area contributed by atoms with Crippen LogP contribution in [0.1, 0.15) is 0 Å². The number of thioether (sulfide) groups is 1. The van der Waals surface area contributed by atoms with Gasteiger partial charge in [0.15, 0.2) is 11.8 Å². The van der Waals surface area contributed by atoms with Crippen molar-refractivity contribution in [3.63, 3.8) is 0 Å². The third-order valence-electron chi connectivity index (χ3n) is 2.72. The van der Waals surface area contributed by atoms with E-state index in [2.05, 4.69) is 4.84 Å². The van der Waals surface area contributed by atoms with Gasteiger partial charge in [0.05, 0.1) is 18.5 Å². The van der Waals surface area contributed by atoms with Crippen molar-refractivity contribution in [2.24, 2.45) is 5.73 Å². The summed E-state index contributed by atoms with van der Waals surface area (Å²) in [6.45, 7) is 0.527. The Morgan fingerprint density at radius 2 is 2.40 bits per heavy atom. The van der Waals surface area contributed by atoms with Gasteiger partial charge >= 0.3 is 0 Å². The highest BCUT2D eigenvalue weighted by atomic mass is 32.2. The van der Waals surface area contributed by atoms with E-state index in [1.807, 2.05) is 6.26 Å². The van der Waals surface area contributed by atoms with Crippen LogP contribution in [0.5, 0.6) is 0 Å². The molecule has 7 nitrogen and oxygen atoms in total. The maximum atomic E-state index is 10.2. The summed E-state index contributed by atoms with van der Waals surface area (Å²) in [5.74, 6) is 0. The Labute approximate surface area is 90.3 Å². The van der Waals surface area contributed by atoms with Crippen molar-refractivity contribution in [2.75, 3.05) is 19.5 Å². The van der Waals surface area contributed by atoms with Crippen LogP contribution in [0, 0.1) is 10.1 Å². The lowest BCUT2D eigenvalue weighted by atomic mass is 10.1. The topological polar surface area (TPSA) is 96.8 Å². The van der Waals surface area contributed by atoms with Gasteiger partial charge in [-0.25, -0.2) is 0 Å². The van der Waals surface area contributed by atoms with E-state index in [4.69, 9.17) is 15.2 Å². The molecule has 0 bridgehead atoms. The molecule has 2 aliphatic heterocycles. The molecule has 0 aromatic heterocycles. The molecule has 2 N–H and O–H groups in total. The number of nitrogens with zero attached hydrogens (tertiary/aromatic N) is 1. The van der Waals surface area contributed by atoms with Gasteiger partial charge in [0.1, 0.15) is 6.10 Å². The monoisotopic (exact) mass is 236 g/mol. The molecule has 0 unspecified atom stereocenters. The van der Waals surface area contributed by atoms with Crippen LogP contribution in [0.25, 0.3) is 0 Å². The number of nitrogens with two attached hydrogens (primary N) is 1. The third-order valence-corrected chi connectivity index (χ3v) is 3.79. The van der Waals surface area contributed by atoms with Crippen LogP contribution in [0.2, 0.25) is 0 Å². The van der Waals surface area contributed by atoms with Gasteiger partial charge in [-0.1, -0.05) is 0 Å². The van der Waals surface area contributed by atoms with Crippen LogP contribution < -0.4 is 5.73 Å². The van der Waals surface area contributed by atoms with Crippen molar-refractivity contribution in [2.45, 2.75) is 23.2 Å². The number of rotatable bonds is 3. The molecule has 2 heterocycles. The summed E-state index contributed by atoms with van der Waals surface area (Å²) in [5.41, 5.74) is 5.06. The Balaban J connectivity index is 2.09. The molecule has 8 heteroatoms. The maximum Gasteiger partial charge on any atom is 0.294 e. The Bertz CT molecular complexity index is 278. The van der Waals surface area contributed by atoms with Gasteiger partial charge in [-0.3, -0.25) is 0 Å². The van der Waals surface area contributed by atoms with E-state index in [1.165, 1.54) is 11.8 Å². The molecule has 0 aromatic rings. The van der Waals surface area contributed by atoms with Crippen molar-refractivity contribution in [3.05, 3.63) is 10.1 Å². The number of hydrogen-bond acceptors (Lipinski definition) is 7. The van der Waals surface area contributed by atoms with Gasteiger partial charge in [-0.2, -0.15) is 11.8 Å².